The highest BCUT2D eigenvalue weighted by Gasteiger charge is 2.14. The van der Waals surface area contributed by atoms with Crippen LogP contribution in [-0.4, -0.2) is 32.9 Å². The smallest absolute Gasteiger partial charge is 0.387 e. The maximum absolute atomic E-state index is 12.2. The van der Waals surface area contributed by atoms with E-state index < -0.39 is 6.61 Å². The van der Waals surface area contributed by atoms with E-state index >= 15 is 0 Å². The highest BCUT2D eigenvalue weighted by Crippen LogP contribution is 2.28. The van der Waals surface area contributed by atoms with Crippen molar-refractivity contribution in [2.24, 2.45) is 0 Å². The number of rotatable bonds is 4. The molecule has 2 rings (SSSR count). The Morgan fingerprint density at radius 2 is 2.06 bits per heavy atom. The molecule has 0 amide bonds. The number of nitrogens with zero attached hydrogens (tertiary/aromatic N) is 1. The van der Waals surface area contributed by atoms with Gasteiger partial charge in [-0.1, -0.05) is 0 Å². The minimum atomic E-state index is -2.83. The molecule has 18 heavy (non-hydrogen) atoms. The lowest BCUT2D eigenvalue weighted by atomic mass is 10.2. The first kappa shape index (κ1) is 13.4. The van der Waals surface area contributed by atoms with Crippen LogP contribution >= 0.6 is 11.6 Å². The Morgan fingerprint density at radius 3 is 2.67 bits per heavy atom. The highest BCUT2D eigenvalue weighted by molar-refractivity contribution is 6.17. The maximum atomic E-state index is 12.2. The first-order valence-corrected chi connectivity index (χ1v) is 6.20. The van der Waals surface area contributed by atoms with Gasteiger partial charge in [0.2, 0.25) is 0 Å². The van der Waals surface area contributed by atoms with E-state index in [2.05, 4.69) is 9.64 Å². The molecule has 1 fully saturated rings. The zero-order chi connectivity index (χ0) is 13.0. The number of alkyl halides is 3. The van der Waals surface area contributed by atoms with Gasteiger partial charge in [-0.05, 0) is 18.2 Å². The summed E-state index contributed by atoms with van der Waals surface area (Å²) < 4.78 is 34.1. The fourth-order valence-electron chi connectivity index (χ4n) is 1.90. The number of hydrogen-bond acceptors (Lipinski definition) is 3. The van der Waals surface area contributed by atoms with E-state index in [1.54, 1.807) is 12.1 Å². The summed E-state index contributed by atoms with van der Waals surface area (Å²) in [5.74, 6) is 0.275. The largest absolute Gasteiger partial charge is 0.434 e. The van der Waals surface area contributed by atoms with E-state index in [-0.39, 0.29) is 11.6 Å². The summed E-state index contributed by atoms with van der Waals surface area (Å²) in [6, 6.07) is 5.09. The molecule has 1 aliphatic heterocycles. The fourth-order valence-corrected chi connectivity index (χ4v) is 2.11. The predicted molar refractivity (Wildman–Crippen MR) is 65.7 cm³/mol. The summed E-state index contributed by atoms with van der Waals surface area (Å²) in [4.78, 5) is 2.13. The van der Waals surface area contributed by atoms with Crippen molar-refractivity contribution in [2.45, 2.75) is 12.5 Å². The Hall–Kier alpha value is -1.07. The van der Waals surface area contributed by atoms with Crippen LogP contribution in [0.2, 0.25) is 0 Å². The van der Waals surface area contributed by atoms with Gasteiger partial charge in [-0.2, -0.15) is 8.78 Å². The van der Waals surface area contributed by atoms with E-state index in [4.69, 9.17) is 16.3 Å². The van der Waals surface area contributed by atoms with Gasteiger partial charge in [-0.15, -0.1) is 11.6 Å². The predicted octanol–water partition coefficient (Wildman–Crippen LogP) is 2.86. The van der Waals surface area contributed by atoms with Crippen molar-refractivity contribution in [2.75, 3.05) is 31.2 Å². The van der Waals surface area contributed by atoms with Crippen LogP contribution in [-0.2, 0) is 10.6 Å². The first-order chi connectivity index (χ1) is 8.70. The molecule has 0 bridgehead atoms. The second-order valence-electron chi connectivity index (χ2n) is 3.90. The third-order valence-corrected chi connectivity index (χ3v) is 3.07. The summed E-state index contributed by atoms with van der Waals surface area (Å²) in [6.45, 7) is 0.0890. The van der Waals surface area contributed by atoms with Crippen molar-refractivity contribution in [3.8, 4) is 5.75 Å². The van der Waals surface area contributed by atoms with Gasteiger partial charge >= 0.3 is 6.61 Å². The van der Waals surface area contributed by atoms with E-state index in [1.165, 1.54) is 6.07 Å². The molecule has 6 heteroatoms. The molecular formula is C12H14ClF2NO2. The van der Waals surface area contributed by atoms with Crippen LogP contribution in [0.4, 0.5) is 14.5 Å². The molecule has 0 N–H and O–H groups in total. The Balaban J connectivity index is 2.17. The van der Waals surface area contributed by atoms with Crippen LogP contribution in [0.15, 0.2) is 18.2 Å². The Morgan fingerprint density at radius 1 is 1.33 bits per heavy atom. The molecule has 1 aliphatic rings. The van der Waals surface area contributed by atoms with Crippen LogP contribution in [0, 0.1) is 0 Å². The van der Waals surface area contributed by atoms with Gasteiger partial charge in [0.15, 0.2) is 0 Å². The molecule has 1 aromatic carbocycles. The monoisotopic (exact) mass is 277 g/mol. The number of anilines is 1. The van der Waals surface area contributed by atoms with Crippen LogP contribution in [0.3, 0.4) is 0 Å². The topological polar surface area (TPSA) is 21.7 Å². The lowest BCUT2D eigenvalue weighted by Crippen LogP contribution is -2.36. The fraction of sp³-hybridized carbons (Fsp3) is 0.500. The molecule has 0 spiro atoms. The van der Waals surface area contributed by atoms with E-state index in [9.17, 15) is 8.78 Å². The summed E-state index contributed by atoms with van der Waals surface area (Å²) in [5.41, 5.74) is 1.52. The summed E-state index contributed by atoms with van der Waals surface area (Å²) in [6.07, 6.45) is 0. The first-order valence-electron chi connectivity index (χ1n) is 5.67. The summed E-state index contributed by atoms with van der Waals surface area (Å²) in [7, 11) is 0. The molecule has 0 saturated carbocycles. The average molecular weight is 278 g/mol. The van der Waals surface area contributed by atoms with Gasteiger partial charge in [-0.3, -0.25) is 0 Å². The average Bonchev–Trinajstić information content (AvgIpc) is 2.39. The van der Waals surface area contributed by atoms with Crippen molar-refractivity contribution in [1.29, 1.82) is 0 Å². The van der Waals surface area contributed by atoms with Gasteiger partial charge in [0.25, 0.3) is 0 Å². The minimum absolute atomic E-state index is 0.136. The van der Waals surface area contributed by atoms with E-state index in [0.29, 0.717) is 18.8 Å². The van der Waals surface area contributed by atoms with Crippen molar-refractivity contribution in [1.82, 2.24) is 0 Å². The van der Waals surface area contributed by atoms with Gasteiger partial charge in [0.1, 0.15) is 5.75 Å². The molecule has 0 aliphatic carbocycles. The van der Waals surface area contributed by atoms with Crippen molar-refractivity contribution >= 4 is 17.3 Å². The standard InChI is InChI=1S/C12H14ClF2NO2/c13-8-9-7-10(16-3-5-17-6-4-16)1-2-11(9)18-12(14)15/h1-2,7,12H,3-6,8H2. The van der Waals surface area contributed by atoms with Gasteiger partial charge < -0.3 is 14.4 Å². The van der Waals surface area contributed by atoms with Gasteiger partial charge in [0, 0.05) is 24.3 Å². The van der Waals surface area contributed by atoms with Gasteiger partial charge in [-0.25, -0.2) is 0 Å². The maximum Gasteiger partial charge on any atom is 0.387 e. The summed E-state index contributed by atoms with van der Waals surface area (Å²) >= 11 is 5.76. The van der Waals surface area contributed by atoms with Crippen molar-refractivity contribution < 1.29 is 18.3 Å². The lowest BCUT2D eigenvalue weighted by molar-refractivity contribution is -0.0503. The molecule has 0 unspecified atom stereocenters. The van der Waals surface area contributed by atoms with Crippen molar-refractivity contribution in [3.63, 3.8) is 0 Å². The second-order valence-corrected chi connectivity index (χ2v) is 4.17. The zero-order valence-corrected chi connectivity index (χ0v) is 10.5. The van der Waals surface area contributed by atoms with Gasteiger partial charge in [0.05, 0.1) is 19.1 Å². The number of ether oxygens (including phenoxy) is 2. The lowest BCUT2D eigenvalue weighted by Gasteiger charge is -2.29. The van der Waals surface area contributed by atoms with Crippen LogP contribution < -0.4 is 9.64 Å². The molecule has 0 aromatic heterocycles. The number of halogens is 3. The zero-order valence-electron chi connectivity index (χ0n) is 9.74. The Bertz CT molecular complexity index is 398. The van der Waals surface area contributed by atoms with Crippen LogP contribution in [0.25, 0.3) is 0 Å². The molecule has 0 atom stereocenters. The third-order valence-electron chi connectivity index (χ3n) is 2.78. The molecule has 1 heterocycles. The minimum Gasteiger partial charge on any atom is -0.434 e. The second kappa shape index (κ2) is 6.20. The third kappa shape index (κ3) is 3.23. The molecule has 100 valence electrons. The molecule has 3 nitrogen and oxygen atoms in total. The quantitative estimate of drug-likeness (QED) is 0.790. The molecule has 1 aromatic rings. The molecule has 1 saturated heterocycles. The summed E-state index contributed by atoms with van der Waals surface area (Å²) in [5, 5.41) is 0. The number of morpholine rings is 1. The number of hydrogen-bond donors (Lipinski definition) is 0. The molecular weight excluding hydrogens is 264 g/mol. The van der Waals surface area contributed by atoms with E-state index in [0.717, 1.165) is 18.8 Å². The van der Waals surface area contributed by atoms with Crippen LogP contribution in [0.1, 0.15) is 5.56 Å². The van der Waals surface area contributed by atoms with Crippen molar-refractivity contribution in [3.05, 3.63) is 23.8 Å². The molecule has 0 radical (unpaired) electrons. The number of benzene rings is 1. The SMILES string of the molecule is FC(F)Oc1ccc(N2CCOCC2)cc1CCl. The highest BCUT2D eigenvalue weighted by atomic mass is 35.5. The van der Waals surface area contributed by atoms with E-state index in [1.807, 2.05) is 0 Å². The Kier molecular flexibility index (Phi) is 4.60. The van der Waals surface area contributed by atoms with Crippen LogP contribution in [0.5, 0.6) is 5.75 Å². The Labute approximate surface area is 109 Å². The normalized spacial score (nSPS) is 16.1.